The molecule has 0 aromatic carbocycles. The molecular weight excluding hydrogens is 346 g/mol. The fourth-order valence-corrected chi connectivity index (χ4v) is 8.72. The third-order valence-corrected chi connectivity index (χ3v) is 9.76. The standard InChI is InChI=1S/C21H33NO3S/c1-19-11-5-4-6-15(19)7-8-16-17(19)9-12-20(2)18(16)10-13-21(20,14-22)25-26(3,23)24/h15-18H,4-13H2,1-3H3/t15?,16-,17+,18+,19+,20+,21?/m1/s1. The SMILES string of the molecule is C[C@]12CCCCC1CC[C@@H]1[C@@H]2CC[C@@]2(C)[C@H]1CCC2(C#N)OS(C)(=O)=O. The van der Waals surface area contributed by atoms with Crippen molar-refractivity contribution in [3.63, 3.8) is 0 Å². The summed E-state index contributed by atoms with van der Waals surface area (Å²) in [5, 5.41) is 9.98. The first kappa shape index (κ1) is 18.7. The molecule has 0 aliphatic heterocycles. The zero-order valence-corrected chi connectivity index (χ0v) is 17.3. The van der Waals surface area contributed by atoms with Crippen LogP contribution in [0.4, 0.5) is 0 Å². The minimum absolute atomic E-state index is 0.343. The molecule has 0 aromatic rings. The summed E-state index contributed by atoms with van der Waals surface area (Å²) in [6.07, 6.45) is 12.7. The average Bonchev–Trinajstić information content (AvgIpc) is 2.86. The van der Waals surface area contributed by atoms with Gasteiger partial charge in [-0.3, -0.25) is 0 Å². The third-order valence-electron chi connectivity index (χ3n) is 9.18. The number of hydrogen-bond acceptors (Lipinski definition) is 4. The molecule has 0 aromatic heterocycles. The zero-order chi connectivity index (χ0) is 18.8. The zero-order valence-electron chi connectivity index (χ0n) is 16.5. The van der Waals surface area contributed by atoms with Gasteiger partial charge in [-0.05, 0) is 80.5 Å². The van der Waals surface area contributed by atoms with Crippen LogP contribution in [0.25, 0.3) is 0 Å². The van der Waals surface area contributed by atoms with Gasteiger partial charge in [-0.25, -0.2) is 4.18 Å². The monoisotopic (exact) mass is 379 g/mol. The lowest BCUT2D eigenvalue weighted by Gasteiger charge is -2.60. The van der Waals surface area contributed by atoms with Crippen molar-refractivity contribution in [1.82, 2.24) is 0 Å². The van der Waals surface area contributed by atoms with E-state index >= 15 is 0 Å². The largest absolute Gasteiger partial charge is 0.265 e. The lowest BCUT2D eigenvalue weighted by atomic mass is 9.44. The van der Waals surface area contributed by atoms with E-state index < -0.39 is 15.7 Å². The molecule has 4 saturated carbocycles. The van der Waals surface area contributed by atoms with Gasteiger partial charge in [0.1, 0.15) is 0 Å². The van der Waals surface area contributed by atoms with E-state index in [1.54, 1.807) is 0 Å². The number of nitriles is 1. The highest BCUT2D eigenvalue weighted by atomic mass is 32.2. The van der Waals surface area contributed by atoms with Crippen LogP contribution in [0.15, 0.2) is 0 Å². The molecular formula is C21H33NO3S. The minimum Gasteiger partial charge on any atom is -0.248 e. The topological polar surface area (TPSA) is 67.2 Å². The number of hydrogen-bond donors (Lipinski definition) is 0. The lowest BCUT2D eigenvalue weighted by molar-refractivity contribution is -0.128. The van der Waals surface area contributed by atoms with Gasteiger partial charge in [-0.2, -0.15) is 13.7 Å². The Bertz CT molecular complexity index is 728. The molecule has 4 aliphatic rings. The van der Waals surface area contributed by atoms with Crippen molar-refractivity contribution in [1.29, 1.82) is 5.26 Å². The Hall–Kier alpha value is -0.600. The molecule has 0 saturated heterocycles. The summed E-state index contributed by atoms with van der Waals surface area (Å²) >= 11 is 0. The van der Waals surface area contributed by atoms with Crippen molar-refractivity contribution >= 4 is 10.1 Å². The Balaban J connectivity index is 1.67. The minimum atomic E-state index is -3.65. The van der Waals surface area contributed by atoms with Crippen LogP contribution in [0.3, 0.4) is 0 Å². The molecule has 146 valence electrons. The van der Waals surface area contributed by atoms with Crippen LogP contribution in [0.5, 0.6) is 0 Å². The van der Waals surface area contributed by atoms with E-state index in [1.807, 2.05) is 0 Å². The third kappa shape index (κ3) is 2.51. The first-order valence-corrected chi connectivity index (χ1v) is 12.3. The molecule has 4 fully saturated rings. The molecule has 0 heterocycles. The summed E-state index contributed by atoms with van der Waals surface area (Å²) < 4.78 is 29.4. The Morgan fingerprint density at radius 3 is 2.38 bits per heavy atom. The molecule has 0 radical (unpaired) electrons. The van der Waals surface area contributed by atoms with Crippen LogP contribution in [0.2, 0.25) is 0 Å². The summed E-state index contributed by atoms with van der Waals surface area (Å²) in [6.45, 7) is 4.68. The summed E-state index contributed by atoms with van der Waals surface area (Å²) in [7, 11) is -3.65. The molecule has 0 N–H and O–H groups in total. The second kappa shape index (κ2) is 5.95. The van der Waals surface area contributed by atoms with E-state index in [1.165, 1.54) is 38.5 Å². The van der Waals surface area contributed by atoms with E-state index in [0.29, 0.717) is 23.7 Å². The lowest BCUT2D eigenvalue weighted by Crippen LogP contribution is -2.56. The van der Waals surface area contributed by atoms with E-state index in [-0.39, 0.29) is 5.41 Å². The van der Waals surface area contributed by atoms with Gasteiger partial charge in [0.05, 0.1) is 12.3 Å². The van der Waals surface area contributed by atoms with Crippen molar-refractivity contribution < 1.29 is 12.6 Å². The maximum Gasteiger partial charge on any atom is 0.265 e. The van der Waals surface area contributed by atoms with Crippen LogP contribution in [0.1, 0.15) is 78.1 Å². The van der Waals surface area contributed by atoms with Crippen molar-refractivity contribution in [3.8, 4) is 6.07 Å². The number of rotatable bonds is 2. The van der Waals surface area contributed by atoms with Gasteiger partial charge in [0, 0.05) is 5.41 Å². The Morgan fingerprint density at radius 1 is 0.962 bits per heavy atom. The van der Waals surface area contributed by atoms with Gasteiger partial charge >= 0.3 is 0 Å². The van der Waals surface area contributed by atoms with E-state index in [0.717, 1.165) is 37.4 Å². The molecule has 4 aliphatic carbocycles. The maximum atomic E-state index is 11.9. The van der Waals surface area contributed by atoms with Gasteiger partial charge in [0.15, 0.2) is 5.60 Å². The smallest absolute Gasteiger partial charge is 0.248 e. The summed E-state index contributed by atoms with van der Waals surface area (Å²) in [5.41, 5.74) is -1.05. The molecule has 2 unspecified atom stereocenters. The highest BCUT2D eigenvalue weighted by molar-refractivity contribution is 7.86. The average molecular weight is 380 g/mol. The Morgan fingerprint density at radius 2 is 1.69 bits per heavy atom. The maximum absolute atomic E-state index is 11.9. The molecule has 4 nitrogen and oxygen atoms in total. The van der Waals surface area contributed by atoms with Crippen LogP contribution >= 0.6 is 0 Å². The van der Waals surface area contributed by atoms with Crippen molar-refractivity contribution in [2.45, 2.75) is 83.7 Å². The van der Waals surface area contributed by atoms with Gasteiger partial charge in [-0.15, -0.1) is 0 Å². The predicted octanol–water partition coefficient (Wildman–Crippen LogP) is 4.66. The first-order chi connectivity index (χ1) is 12.2. The molecule has 7 atom stereocenters. The van der Waals surface area contributed by atoms with E-state index in [4.69, 9.17) is 4.18 Å². The van der Waals surface area contributed by atoms with Crippen molar-refractivity contribution in [2.75, 3.05) is 6.26 Å². The number of nitrogens with zero attached hydrogens (tertiary/aromatic N) is 1. The van der Waals surface area contributed by atoms with Gasteiger partial charge in [-0.1, -0.05) is 26.7 Å². The highest BCUT2D eigenvalue weighted by Gasteiger charge is 2.66. The summed E-state index contributed by atoms with van der Waals surface area (Å²) in [4.78, 5) is 0. The number of fused-ring (bicyclic) bond motifs is 5. The van der Waals surface area contributed by atoms with Crippen LogP contribution in [-0.4, -0.2) is 20.3 Å². The molecule has 0 amide bonds. The fraction of sp³-hybridized carbons (Fsp3) is 0.952. The second-order valence-electron chi connectivity index (χ2n) is 10.1. The van der Waals surface area contributed by atoms with Gasteiger partial charge < -0.3 is 0 Å². The molecule has 4 rings (SSSR count). The van der Waals surface area contributed by atoms with E-state index in [2.05, 4.69) is 19.9 Å². The first-order valence-electron chi connectivity index (χ1n) is 10.5. The molecule has 26 heavy (non-hydrogen) atoms. The Kier molecular flexibility index (Phi) is 4.29. The normalized spacial score (nSPS) is 51.0. The fourth-order valence-electron chi connectivity index (χ4n) is 7.89. The van der Waals surface area contributed by atoms with Gasteiger partial charge in [0.2, 0.25) is 0 Å². The van der Waals surface area contributed by atoms with Crippen LogP contribution in [0, 0.1) is 45.8 Å². The summed E-state index contributed by atoms with van der Waals surface area (Å²) in [6, 6.07) is 2.33. The van der Waals surface area contributed by atoms with Gasteiger partial charge in [0.25, 0.3) is 10.1 Å². The predicted molar refractivity (Wildman–Crippen MR) is 101 cm³/mol. The van der Waals surface area contributed by atoms with Crippen molar-refractivity contribution in [3.05, 3.63) is 0 Å². The molecule has 0 spiro atoms. The molecule has 0 bridgehead atoms. The Labute approximate surface area is 158 Å². The second-order valence-corrected chi connectivity index (χ2v) is 11.7. The van der Waals surface area contributed by atoms with Crippen LogP contribution in [-0.2, 0) is 14.3 Å². The van der Waals surface area contributed by atoms with Crippen molar-refractivity contribution in [2.24, 2.45) is 34.5 Å². The highest BCUT2D eigenvalue weighted by Crippen LogP contribution is 2.68. The molecule has 5 heteroatoms. The van der Waals surface area contributed by atoms with E-state index in [9.17, 15) is 13.7 Å². The summed E-state index contributed by atoms with van der Waals surface area (Å²) in [5.74, 6) is 2.66. The quantitative estimate of drug-likeness (QED) is 0.655. The van der Waals surface area contributed by atoms with Crippen LogP contribution < -0.4 is 0 Å².